The fourth-order valence-electron chi connectivity index (χ4n) is 3.21. The molecule has 5 nitrogen and oxygen atoms in total. The molecule has 2 heterocycles. The molecule has 0 bridgehead atoms. The predicted molar refractivity (Wildman–Crippen MR) is 89.0 cm³/mol. The van der Waals surface area contributed by atoms with Crippen LogP contribution in [0.15, 0.2) is 0 Å². The van der Waals surface area contributed by atoms with Gasteiger partial charge in [0.05, 0.1) is 0 Å². The number of carbonyl (C=O) groups is 1. The molecular formula is C17H33N3O2. The number of hydrogen-bond acceptors (Lipinski definition) is 4. The molecule has 0 aromatic heterocycles. The minimum Gasteiger partial charge on any atom is -0.444 e. The van der Waals surface area contributed by atoms with Crippen LogP contribution < -0.4 is 10.6 Å². The van der Waals surface area contributed by atoms with Crippen LogP contribution in [0.3, 0.4) is 0 Å². The highest BCUT2D eigenvalue weighted by Crippen LogP contribution is 2.30. The highest BCUT2D eigenvalue weighted by atomic mass is 16.6. The Morgan fingerprint density at radius 1 is 1.36 bits per heavy atom. The van der Waals surface area contributed by atoms with Crippen molar-refractivity contribution in [3.05, 3.63) is 0 Å². The lowest BCUT2D eigenvalue weighted by atomic mass is 9.80. The first-order valence-corrected chi connectivity index (χ1v) is 8.69. The van der Waals surface area contributed by atoms with Crippen molar-refractivity contribution >= 4 is 6.09 Å². The molecule has 0 aromatic rings. The average molecular weight is 311 g/mol. The van der Waals surface area contributed by atoms with Gasteiger partial charge in [-0.05, 0) is 58.4 Å². The topological polar surface area (TPSA) is 53.6 Å². The van der Waals surface area contributed by atoms with E-state index >= 15 is 0 Å². The number of nitrogens with one attached hydrogen (secondary N) is 2. The second-order valence-electron chi connectivity index (χ2n) is 8.20. The maximum Gasteiger partial charge on any atom is 0.410 e. The standard InChI is InChI=1S/C17H33N3O2/c1-16(2,3)22-15(21)20-10-7-17(4,8-11-20)13-18-12-14-6-5-9-19-14/h14,18-19H,5-13H2,1-4H3. The fraction of sp³-hybridized carbons (Fsp3) is 0.941. The molecule has 1 amide bonds. The monoisotopic (exact) mass is 311 g/mol. The minimum atomic E-state index is -0.409. The molecular weight excluding hydrogens is 278 g/mol. The maximum absolute atomic E-state index is 12.1. The van der Waals surface area contributed by atoms with Crippen LogP contribution in [0, 0.1) is 5.41 Å². The third kappa shape index (κ3) is 5.43. The molecule has 0 aliphatic carbocycles. The van der Waals surface area contributed by atoms with E-state index in [1.807, 2.05) is 25.7 Å². The van der Waals surface area contributed by atoms with Crippen LogP contribution in [0.5, 0.6) is 0 Å². The maximum atomic E-state index is 12.1. The van der Waals surface area contributed by atoms with Crippen molar-refractivity contribution in [2.45, 2.75) is 65.0 Å². The summed E-state index contributed by atoms with van der Waals surface area (Å²) in [4.78, 5) is 13.9. The molecule has 0 spiro atoms. The lowest BCUT2D eigenvalue weighted by Crippen LogP contribution is -2.48. The van der Waals surface area contributed by atoms with Gasteiger partial charge in [-0.25, -0.2) is 4.79 Å². The molecule has 1 atom stereocenters. The Hall–Kier alpha value is -0.810. The Balaban J connectivity index is 1.69. The van der Waals surface area contributed by atoms with E-state index in [-0.39, 0.29) is 11.5 Å². The van der Waals surface area contributed by atoms with Gasteiger partial charge in [0.2, 0.25) is 0 Å². The largest absolute Gasteiger partial charge is 0.444 e. The van der Waals surface area contributed by atoms with Crippen molar-refractivity contribution in [2.75, 3.05) is 32.7 Å². The zero-order valence-corrected chi connectivity index (χ0v) is 14.7. The quantitative estimate of drug-likeness (QED) is 0.837. The first-order chi connectivity index (χ1) is 10.3. The minimum absolute atomic E-state index is 0.169. The molecule has 0 radical (unpaired) electrons. The van der Waals surface area contributed by atoms with Crippen molar-refractivity contribution in [3.63, 3.8) is 0 Å². The summed E-state index contributed by atoms with van der Waals surface area (Å²) >= 11 is 0. The average Bonchev–Trinajstić information content (AvgIpc) is 2.90. The third-order valence-corrected chi connectivity index (χ3v) is 4.73. The predicted octanol–water partition coefficient (Wildman–Crippen LogP) is 2.37. The Morgan fingerprint density at radius 3 is 2.59 bits per heavy atom. The van der Waals surface area contributed by atoms with Gasteiger partial charge in [-0.2, -0.15) is 0 Å². The van der Waals surface area contributed by atoms with E-state index in [0.717, 1.165) is 45.6 Å². The van der Waals surface area contributed by atoms with E-state index in [4.69, 9.17) is 4.74 Å². The molecule has 2 aliphatic heterocycles. The molecule has 2 N–H and O–H groups in total. The first-order valence-electron chi connectivity index (χ1n) is 8.69. The second kappa shape index (κ2) is 7.18. The van der Waals surface area contributed by atoms with Gasteiger partial charge in [-0.15, -0.1) is 0 Å². The van der Waals surface area contributed by atoms with E-state index < -0.39 is 5.60 Å². The summed E-state index contributed by atoms with van der Waals surface area (Å²) in [5.41, 5.74) is -0.120. The molecule has 2 saturated heterocycles. The molecule has 2 aliphatic rings. The molecule has 0 saturated carbocycles. The van der Waals surface area contributed by atoms with Gasteiger partial charge in [0, 0.05) is 32.2 Å². The molecule has 1 unspecified atom stereocenters. The van der Waals surface area contributed by atoms with Gasteiger partial charge in [0.25, 0.3) is 0 Å². The normalized spacial score (nSPS) is 25.3. The van der Waals surface area contributed by atoms with Crippen LogP contribution in [0.25, 0.3) is 0 Å². The number of rotatable bonds is 4. The van der Waals surface area contributed by atoms with Crippen molar-refractivity contribution in [2.24, 2.45) is 5.41 Å². The van der Waals surface area contributed by atoms with Crippen LogP contribution >= 0.6 is 0 Å². The van der Waals surface area contributed by atoms with Crippen molar-refractivity contribution in [1.82, 2.24) is 15.5 Å². The van der Waals surface area contributed by atoms with Crippen molar-refractivity contribution in [3.8, 4) is 0 Å². The Labute approximate surface area is 135 Å². The highest BCUT2D eigenvalue weighted by Gasteiger charge is 2.33. The van der Waals surface area contributed by atoms with E-state index in [1.165, 1.54) is 12.8 Å². The SMILES string of the molecule is CC1(CNCC2CCCN2)CCN(C(=O)OC(C)(C)C)CC1. The summed E-state index contributed by atoms with van der Waals surface area (Å²) in [6.07, 6.45) is 4.50. The fourth-order valence-corrected chi connectivity index (χ4v) is 3.21. The third-order valence-electron chi connectivity index (χ3n) is 4.73. The second-order valence-corrected chi connectivity index (χ2v) is 8.20. The molecule has 2 fully saturated rings. The number of ether oxygens (including phenoxy) is 1. The van der Waals surface area contributed by atoms with Gasteiger partial charge in [-0.1, -0.05) is 6.92 Å². The molecule has 22 heavy (non-hydrogen) atoms. The highest BCUT2D eigenvalue weighted by molar-refractivity contribution is 5.68. The molecule has 0 aromatic carbocycles. The number of amides is 1. The number of piperidine rings is 1. The van der Waals surface area contributed by atoms with Crippen LogP contribution in [-0.4, -0.2) is 55.4 Å². The smallest absolute Gasteiger partial charge is 0.410 e. The van der Waals surface area contributed by atoms with E-state index in [0.29, 0.717) is 6.04 Å². The molecule has 2 rings (SSSR count). The van der Waals surface area contributed by atoms with Gasteiger partial charge >= 0.3 is 6.09 Å². The lowest BCUT2D eigenvalue weighted by Gasteiger charge is -2.40. The first kappa shape index (κ1) is 17.5. The Kier molecular flexibility index (Phi) is 5.72. The molecule has 128 valence electrons. The summed E-state index contributed by atoms with van der Waals surface area (Å²) in [5.74, 6) is 0. The van der Waals surface area contributed by atoms with Crippen molar-refractivity contribution in [1.29, 1.82) is 0 Å². The summed E-state index contributed by atoms with van der Waals surface area (Å²) < 4.78 is 5.46. The Bertz CT molecular complexity index is 365. The Morgan fingerprint density at radius 2 is 2.05 bits per heavy atom. The van der Waals surface area contributed by atoms with Gasteiger partial charge < -0.3 is 20.3 Å². The summed E-state index contributed by atoms with van der Waals surface area (Å²) in [7, 11) is 0. The number of nitrogens with zero attached hydrogens (tertiary/aromatic N) is 1. The van der Waals surface area contributed by atoms with Crippen LogP contribution in [-0.2, 0) is 4.74 Å². The van der Waals surface area contributed by atoms with Crippen LogP contribution in [0.4, 0.5) is 4.79 Å². The lowest BCUT2D eigenvalue weighted by molar-refractivity contribution is 0.0119. The van der Waals surface area contributed by atoms with Crippen molar-refractivity contribution < 1.29 is 9.53 Å². The number of hydrogen-bond donors (Lipinski definition) is 2. The van der Waals surface area contributed by atoms with E-state index in [1.54, 1.807) is 0 Å². The van der Waals surface area contributed by atoms with E-state index in [9.17, 15) is 4.79 Å². The summed E-state index contributed by atoms with van der Waals surface area (Å²) in [5, 5.41) is 7.14. The van der Waals surface area contributed by atoms with Crippen LogP contribution in [0.2, 0.25) is 0 Å². The van der Waals surface area contributed by atoms with Gasteiger partial charge in [0.15, 0.2) is 0 Å². The van der Waals surface area contributed by atoms with E-state index in [2.05, 4.69) is 17.6 Å². The van der Waals surface area contributed by atoms with Crippen LogP contribution in [0.1, 0.15) is 53.4 Å². The van der Waals surface area contributed by atoms with Gasteiger partial charge in [-0.3, -0.25) is 0 Å². The zero-order valence-electron chi connectivity index (χ0n) is 14.7. The number of carbonyl (C=O) groups excluding carboxylic acids is 1. The summed E-state index contributed by atoms with van der Waals surface area (Å²) in [6.45, 7) is 12.9. The summed E-state index contributed by atoms with van der Waals surface area (Å²) in [6, 6.07) is 0.644. The number of likely N-dealkylation sites (tertiary alicyclic amines) is 1. The van der Waals surface area contributed by atoms with Gasteiger partial charge in [0.1, 0.15) is 5.60 Å². The molecule has 5 heteroatoms. The zero-order chi connectivity index (χ0) is 16.2.